The molecule has 0 aromatic heterocycles. The zero-order valence-electron chi connectivity index (χ0n) is 17.8. The Morgan fingerprint density at radius 2 is 1.97 bits per heavy atom. The number of rotatable bonds is 8. The first-order valence-electron chi connectivity index (χ1n) is 10.8. The molecule has 168 valence electrons. The van der Waals surface area contributed by atoms with E-state index in [4.69, 9.17) is 16.3 Å². The fraction of sp³-hybridized carbons (Fsp3) is 0.522. The maximum atomic E-state index is 13.5. The Labute approximate surface area is 187 Å². The average molecular weight is 449 g/mol. The Hall–Kier alpha value is -2.38. The van der Waals surface area contributed by atoms with E-state index in [9.17, 15) is 19.5 Å². The lowest BCUT2D eigenvalue weighted by Crippen LogP contribution is -2.45. The van der Waals surface area contributed by atoms with Crippen molar-refractivity contribution in [3.05, 3.63) is 41.4 Å². The summed E-state index contributed by atoms with van der Waals surface area (Å²) in [5, 5.41) is 12.5. The maximum absolute atomic E-state index is 13.5. The number of amides is 2. The van der Waals surface area contributed by atoms with Gasteiger partial charge in [-0.05, 0) is 37.8 Å². The van der Waals surface area contributed by atoms with Crippen molar-refractivity contribution in [3.8, 4) is 0 Å². The third kappa shape index (κ3) is 4.62. The number of nitrogens with one attached hydrogen (secondary N) is 1. The first kappa shape index (κ1) is 23.3. The molecule has 0 bridgehead atoms. The average Bonchev–Trinajstić information content (AvgIpc) is 3.05. The normalized spacial score (nSPS) is 27.2. The molecule has 1 aromatic rings. The van der Waals surface area contributed by atoms with Crippen molar-refractivity contribution in [1.29, 1.82) is 0 Å². The van der Waals surface area contributed by atoms with Crippen LogP contribution >= 0.6 is 11.6 Å². The number of carbonyl (C=O) groups excluding carboxylic acids is 3. The van der Waals surface area contributed by atoms with Crippen LogP contribution < -0.4 is 5.32 Å². The highest BCUT2D eigenvalue weighted by atomic mass is 35.5. The van der Waals surface area contributed by atoms with Crippen LogP contribution in [0.5, 0.6) is 0 Å². The molecule has 0 saturated carbocycles. The number of esters is 1. The van der Waals surface area contributed by atoms with E-state index >= 15 is 0 Å². The number of halogens is 1. The number of hydrogen-bond donors (Lipinski definition) is 2. The topological polar surface area (TPSA) is 95.9 Å². The minimum absolute atomic E-state index is 0.104. The van der Waals surface area contributed by atoms with Crippen molar-refractivity contribution in [2.24, 2.45) is 23.7 Å². The Bertz CT molecular complexity index is 858. The lowest BCUT2D eigenvalue weighted by atomic mass is 9.69. The zero-order chi connectivity index (χ0) is 22.5. The lowest BCUT2D eigenvalue weighted by molar-refractivity contribution is -0.155. The standard InChI is InChI=1S/C23H29ClN2O5/c1-3-14-10-11-15-19(18(14)23(30)31-4-2)22(29)26(12-7-13-27)20(15)21(28)25-17-9-6-5-8-16(17)24/h5-6,8-11,14-15,18-20,27H,3-4,7,12-13H2,1-2H3,(H,25,28)/t14-,15+,18-,19-,20+/m1/s1. The van der Waals surface area contributed by atoms with Crippen molar-refractivity contribution < 1.29 is 24.2 Å². The highest BCUT2D eigenvalue weighted by Gasteiger charge is 2.57. The van der Waals surface area contributed by atoms with Crippen LogP contribution in [-0.4, -0.2) is 53.6 Å². The van der Waals surface area contributed by atoms with Crippen molar-refractivity contribution in [2.45, 2.75) is 32.7 Å². The number of fused-ring (bicyclic) bond motifs is 1. The van der Waals surface area contributed by atoms with Gasteiger partial charge in [0.25, 0.3) is 0 Å². The molecule has 1 aromatic carbocycles. The van der Waals surface area contributed by atoms with E-state index < -0.39 is 29.8 Å². The molecule has 0 spiro atoms. The molecule has 3 rings (SSSR count). The van der Waals surface area contributed by atoms with Gasteiger partial charge in [-0.25, -0.2) is 0 Å². The number of hydrogen-bond acceptors (Lipinski definition) is 5. The summed E-state index contributed by atoms with van der Waals surface area (Å²) in [6, 6.07) is 6.09. The van der Waals surface area contributed by atoms with Crippen LogP contribution in [0.1, 0.15) is 26.7 Å². The summed E-state index contributed by atoms with van der Waals surface area (Å²) >= 11 is 6.19. The molecule has 1 aliphatic heterocycles. The summed E-state index contributed by atoms with van der Waals surface area (Å²) in [5.41, 5.74) is 0.459. The third-order valence-electron chi connectivity index (χ3n) is 6.10. The van der Waals surface area contributed by atoms with E-state index in [0.29, 0.717) is 23.6 Å². The van der Waals surface area contributed by atoms with Gasteiger partial charge in [-0.1, -0.05) is 42.8 Å². The summed E-state index contributed by atoms with van der Waals surface area (Å²) in [5.74, 6) is -2.93. The van der Waals surface area contributed by atoms with Crippen molar-refractivity contribution >= 4 is 35.1 Å². The van der Waals surface area contributed by atoms with Gasteiger partial charge in [-0.15, -0.1) is 0 Å². The van der Waals surface area contributed by atoms with Crippen LogP contribution in [0.15, 0.2) is 36.4 Å². The summed E-state index contributed by atoms with van der Waals surface area (Å²) in [6.45, 7) is 4.05. The van der Waals surface area contributed by atoms with Crippen LogP contribution in [0.4, 0.5) is 5.69 Å². The van der Waals surface area contributed by atoms with Gasteiger partial charge in [0, 0.05) is 19.1 Å². The number of para-hydroxylation sites is 1. The third-order valence-corrected chi connectivity index (χ3v) is 6.43. The number of benzene rings is 1. The SMILES string of the molecule is CCOC(=O)[C@H]1[C@@H]2C(=O)N(CCCO)[C@H](C(=O)Nc3ccccc3Cl)[C@H]2C=C[C@H]1CC. The van der Waals surface area contributed by atoms with Gasteiger partial charge in [-0.3, -0.25) is 14.4 Å². The van der Waals surface area contributed by atoms with E-state index in [1.54, 1.807) is 31.2 Å². The minimum Gasteiger partial charge on any atom is -0.466 e. The molecule has 5 atom stereocenters. The fourth-order valence-corrected chi connectivity index (χ4v) is 4.88. The molecule has 0 radical (unpaired) electrons. The number of allylic oxidation sites excluding steroid dienone is 1. The van der Waals surface area contributed by atoms with Crippen LogP contribution in [0, 0.1) is 23.7 Å². The number of likely N-dealkylation sites (tertiary alicyclic amines) is 1. The molecule has 8 heteroatoms. The lowest BCUT2D eigenvalue weighted by Gasteiger charge is -2.33. The van der Waals surface area contributed by atoms with Crippen molar-refractivity contribution in [1.82, 2.24) is 4.90 Å². The second-order valence-corrected chi connectivity index (χ2v) is 8.27. The Kier molecular flexibility index (Phi) is 7.73. The minimum atomic E-state index is -0.800. The molecule has 7 nitrogen and oxygen atoms in total. The number of aliphatic hydroxyl groups is 1. The summed E-state index contributed by atoms with van der Waals surface area (Å²) in [6.07, 6.45) is 4.85. The monoisotopic (exact) mass is 448 g/mol. The summed E-state index contributed by atoms with van der Waals surface area (Å²) < 4.78 is 5.29. The highest BCUT2D eigenvalue weighted by Crippen LogP contribution is 2.45. The summed E-state index contributed by atoms with van der Waals surface area (Å²) in [4.78, 5) is 41.1. The quantitative estimate of drug-likeness (QED) is 0.471. The predicted octanol–water partition coefficient (Wildman–Crippen LogP) is 2.88. The van der Waals surface area contributed by atoms with E-state index in [-0.39, 0.29) is 37.5 Å². The smallest absolute Gasteiger partial charge is 0.310 e. The largest absolute Gasteiger partial charge is 0.466 e. The van der Waals surface area contributed by atoms with E-state index in [0.717, 1.165) is 0 Å². The van der Waals surface area contributed by atoms with E-state index in [1.165, 1.54) is 4.90 Å². The highest BCUT2D eigenvalue weighted by molar-refractivity contribution is 6.33. The molecule has 2 aliphatic rings. The molecule has 2 amide bonds. The molecule has 2 N–H and O–H groups in total. The van der Waals surface area contributed by atoms with Crippen LogP contribution in [0.3, 0.4) is 0 Å². The number of aliphatic hydroxyl groups excluding tert-OH is 1. The van der Waals surface area contributed by atoms with Gasteiger partial charge in [0.1, 0.15) is 6.04 Å². The second-order valence-electron chi connectivity index (χ2n) is 7.86. The van der Waals surface area contributed by atoms with Crippen LogP contribution in [0.2, 0.25) is 5.02 Å². The predicted molar refractivity (Wildman–Crippen MR) is 117 cm³/mol. The first-order chi connectivity index (χ1) is 14.9. The molecule has 1 saturated heterocycles. The van der Waals surface area contributed by atoms with Gasteiger partial charge < -0.3 is 20.1 Å². The number of carbonyl (C=O) groups is 3. The molecular weight excluding hydrogens is 420 g/mol. The summed E-state index contributed by atoms with van der Waals surface area (Å²) in [7, 11) is 0. The molecule has 1 fully saturated rings. The van der Waals surface area contributed by atoms with E-state index in [1.807, 2.05) is 19.1 Å². The first-order valence-corrected chi connectivity index (χ1v) is 11.1. The molecule has 31 heavy (non-hydrogen) atoms. The Balaban J connectivity index is 1.96. The number of ether oxygens (including phenoxy) is 1. The van der Waals surface area contributed by atoms with Gasteiger partial charge in [-0.2, -0.15) is 0 Å². The van der Waals surface area contributed by atoms with Gasteiger partial charge in [0.15, 0.2) is 0 Å². The number of nitrogens with zero attached hydrogens (tertiary/aromatic N) is 1. The maximum Gasteiger partial charge on any atom is 0.310 e. The second kappa shape index (κ2) is 10.3. The zero-order valence-corrected chi connectivity index (χ0v) is 18.5. The fourth-order valence-electron chi connectivity index (χ4n) is 4.70. The molecule has 0 unspecified atom stereocenters. The van der Waals surface area contributed by atoms with Gasteiger partial charge in [0.05, 0.1) is 29.2 Å². The van der Waals surface area contributed by atoms with Crippen LogP contribution in [0.25, 0.3) is 0 Å². The number of anilines is 1. The van der Waals surface area contributed by atoms with Gasteiger partial charge >= 0.3 is 5.97 Å². The van der Waals surface area contributed by atoms with Crippen molar-refractivity contribution in [3.63, 3.8) is 0 Å². The van der Waals surface area contributed by atoms with Crippen molar-refractivity contribution in [2.75, 3.05) is 25.1 Å². The Morgan fingerprint density at radius 1 is 1.23 bits per heavy atom. The Morgan fingerprint density at radius 3 is 2.61 bits per heavy atom. The van der Waals surface area contributed by atoms with E-state index in [2.05, 4.69) is 5.32 Å². The van der Waals surface area contributed by atoms with Crippen LogP contribution in [-0.2, 0) is 19.1 Å². The van der Waals surface area contributed by atoms with Gasteiger partial charge in [0.2, 0.25) is 11.8 Å². The molecule has 1 heterocycles. The molecular formula is C23H29ClN2O5. The molecule has 1 aliphatic carbocycles.